The van der Waals surface area contributed by atoms with Crippen molar-refractivity contribution >= 4 is 48.9 Å². The molecule has 156 valence electrons. The molecular formula is C16H30N4O5S2. The van der Waals surface area contributed by atoms with Crippen LogP contribution in [0.3, 0.4) is 0 Å². The fourth-order valence-electron chi connectivity index (χ4n) is 2.10. The summed E-state index contributed by atoms with van der Waals surface area (Å²) in [6.45, 7) is 6.90. The second-order valence-corrected chi connectivity index (χ2v) is 7.56. The molecule has 9 nitrogen and oxygen atoms in total. The van der Waals surface area contributed by atoms with Gasteiger partial charge in [0, 0.05) is 11.5 Å². The van der Waals surface area contributed by atoms with Crippen LogP contribution in [0.1, 0.15) is 27.7 Å². The Kier molecular flexibility index (Phi) is 11.4. The van der Waals surface area contributed by atoms with E-state index >= 15 is 0 Å². The zero-order chi connectivity index (χ0) is 21.3. The molecule has 0 aliphatic rings. The Morgan fingerprint density at radius 3 is 1.56 bits per heavy atom. The first-order chi connectivity index (χ1) is 12.5. The minimum absolute atomic E-state index is 0.0911. The third-order valence-electron chi connectivity index (χ3n) is 3.82. The van der Waals surface area contributed by atoms with E-state index in [1.807, 2.05) is 0 Å². The maximum absolute atomic E-state index is 12.6. The summed E-state index contributed by atoms with van der Waals surface area (Å²) in [5.41, 5.74) is 5.61. The molecule has 6 N–H and O–H groups in total. The molecule has 27 heavy (non-hydrogen) atoms. The van der Waals surface area contributed by atoms with Crippen molar-refractivity contribution in [3.8, 4) is 0 Å². The van der Waals surface area contributed by atoms with Crippen LogP contribution in [0.4, 0.5) is 0 Å². The minimum Gasteiger partial charge on any atom is -0.480 e. The maximum Gasteiger partial charge on any atom is 0.327 e. The standard InChI is InChI=1S/C16H30N4O5S2/c1-7(2)11(14(22)18-10(6-27)16(24)25)20-15(23)12(8(3)4)19-13(21)9(17)5-26/h7-12,26-27H,5-6,17H2,1-4H3,(H,18,22)(H,19,21)(H,20,23)(H,24,25)/t9-,10-,11-,12-/m0/s1. The third-order valence-corrected chi connectivity index (χ3v) is 4.58. The van der Waals surface area contributed by atoms with Gasteiger partial charge in [-0.1, -0.05) is 27.7 Å². The fraction of sp³-hybridized carbons (Fsp3) is 0.750. The highest BCUT2D eigenvalue weighted by Gasteiger charge is 2.32. The predicted octanol–water partition coefficient (Wildman–Crippen LogP) is -0.976. The average molecular weight is 423 g/mol. The summed E-state index contributed by atoms with van der Waals surface area (Å²) in [6.07, 6.45) is 0. The van der Waals surface area contributed by atoms with Crippen molar-refractivity contribution in [2.45, 2.75) is 51.9 Å². The molecule has 0 bridgehead atoms. The highest BCUT2D eigenvalue weighted by molar-refractivity contribution is 7.80. The number of thiol groups is 2. The lowest BCUT2D eigenvalue weighted by atomic mass is 9.99. The van der Waals surface area contributed by atoms with Gasteiger partial charge in [0.05, 0.1) is 6.04 Å². The zero-order valence-electron chi connectivity index (χ0n) is 15.9. The van der Waals surface area contributed by atoms with Crippen LogP contribution in [0, 0.1) is 11.8 Å². The Hall–Kier alpha value is -1.46. The number of carboxylic acid groups (broad SMARTS) is 1. The number of carboxylic acids is 1. The van der Waals surface area contributed by atoms with E-state index in [2.05, 4.69) is 41.2 Å². The summed E-state index contributed by atoms with van der Waals surface area (Å²) in [7, 11) is 0. The van der Waals surface area contributed by atoms with E-state index in [0.29, 0.717) is 0 Å². The Balaban J connectivity index is 5.24. The van der Waals surface area contributed by atoms with E-state index in [4.69, 9.17) is 10.8 Å². The first-order valence-electron chi connectivity index (χ1n) is 8.57. The number of hydrogen-bond acceptors (Lipinski definition) is 7. The van der Waals surface area contributed by atoms with Crippen LogP contribution < -0.4 is 21.7 Å². The van der Waals surface area contributed by atoms with Crippen LogP contribution in [0.2, 0.25) is 0 Å². The number of nitrogens with one attached hydrogen (secondary N) is 3. The Labute approximate surface area is 170 Å². The molecule has 0 saturated carbocycles. The fourth-order valence-corrected chi connectivity index (χ4v) is 2.52. The topological polar surface area (TPSA) is 151 Å². The van der Waals surface area contributed by atoms with Gasteiger partial charge in [0.1, 0.15) is 18.1 Å². The van der Waals surface area contributed by atoms with Crippen molar-refractivity contribution in [1.29, 1.82) is 0 Å². The van der Waals surface area contributed by atoms with Crippen molar-refractivity contribution in [2.24, 2.45) is 17.6 Å². The molecular weight excluding hydrogens is 392 g/mol. The smallest absolute Gasteiger partial charge is 0.327 e. The molecule has 0 rings (SSSR count). The summed E-state index contributed by atoms with van der Waals surface area (Å²) in [5.74, 6) is -3.49. The molecule has 0 aliphatic carbocycles. The van der Waals surface area contributed by atoms with Crippen LogP contribution in [0.15, 0.2) is 0 Å². The van der Waals surface area contributed by atoms with Gasteiger partial charge in [-0.05, 0) is 11.8 Å². The number of carbonyl (C=O) groups excluding carboxylic acids is 3. The molecule has 0 aromatic heterocycles. The van der Waals surface area contributed by atoms with Gasteiger partial charge in [-0.2, -0.15) is 25.3 Å². The molecule has 0 aliphatic heterocycles. The van der Waals surface area contributed by atoms with E-state index in [-0.39, 0.29) is 23.3 Å². The first-order valence-corrected chi connectivity index (χ1v) is 9.83. The number of aliphatic carboxylic acids is 1. The monoisotopic (exact) mass is 422 g/mol. The second-order valence-electron chi connectivity index (χ2n) is 6.83. The molecule has 0 saturated heterocycles. The second kappa shape index (κ2) is 12.1. The molecule has 0 fully saturated rings. The molecule has 0 radical (unpaired) electrons. The molecule has 3 amide bonds. The number of hydrogen-bond donors (Lipinski definition) is 7. The normalized spacial score (nSPS) is 15.6. The van der Waals surface area contributed by atoms with Gasteiger partial charge < -0.3 is 26.8 Å². The van der Waals surface area contributed by atoms with Crippen LogP contribution >= 0.6 is 25.3 Å². The molecule has 0 aromatic rings. The molecule has 0 unspecified atom stereocenters. The largest absolute Gasteiger partial charge is 0.480 e. The molecule has 0 aromatic carbocycles. The predicted molar refractivity (Wildman–Crippen MR) is 109 cm³/mol. The lowest BCUT2D eigenvalue weighted by Gasteiger charge is -2.28. The average Bonchev–Trinajstić information content (AvgIpc) is 2.59. The van der Waals surface area contributed by atoms with E-state index < -0.39 is 47.9 Å². The highest BCUT2D eigenvalue weighted by Crippen LogP contribution is 2.07. The minimum atomic E-state index is -1.22. The summed E-state index contributed by atoms with van der Waals surface area (Å²) in [5, 5.41) is 16.5. The van der Waals surface area contributed by atoms with Crippen LogP contribution in [-0.2, 0) is 19.2 Å². The van der Waals surface area contributed by atoms with E-state index in [1.54, 1.807) is 27.7 Å². The molecule has 4 atom stereocenters. The molecule has 0 spiro atoms. The first kappa shape index (κ1) is 25.5. The third kappa shape index (κ3) is 8.39. The van der Waals surface area contributed by atoms with Gasteiger partial charge >= 0.3 is 5.97 Å². The van der Waals surface area contributed by atoms with E-state index in [0.717, 1.165) is 0 Å². The van der Waals surface area contributed by atoms with E-state index in [1.165, 1.54) is 0 Å². The maximum atomic E-state index is 12.6. The summed E-state index contributed by atoms with van der Waals surface area (Å²) < 4.78 is 0. The van der Waals surface area contributed by atoms with Crippen LogP contribution in [0.25, 0.3) is 0 Å². The van der Waals surface area contributed by atoms with Crippen molar-refractivity contribution in [3.05, 3.63) is 0 Å². The number of nitrogens with two attached hydrogens (primary N) is 1. The lowest BCUT2D eigenvalue weighted by molar-refractivity contribution is -0.142. The number of rotatable bonds is 11. The summed E-state index contributed by atoms with van der Waals surface area (Å²) in [6, 6.07) is -3.92. The van der Waals surface area contributed by atoms with Crippen LogP contribution in [-0.4, -0.2) is 64.5 Å². The number of amides is 3. The SMILES string of the molecule is CC(C)[C@H](NC(=O)[C@@H](NC(=O)[C@@H](N)CS)C(C)C)C(=O)N[C@@H](CS)C(=O)O. The molecule has 0 heterocycles. The lowest BCUT2D eigenvalue weighted by Crippen LogP contribution is -2.59. The quantitative estimate of drug-likeness (QED) is 0.213. The van der Waals surface area contributed by atoms with Crippen molar-refractivity contribution in [1.82, 2.24) is 16.0 Å². The van der Waals surface area contributed by atoms with Gasteiger partial charge in [-0.3, -0.25) is 14.4 Å². The van der Waals surface area contributed by atoms with Gasteiger partial charge in [0.2, 0.25) is 17.7 Å². The number of carbonyl (C=O) groups is 4. The zero-order valence-corrected chi connectivity index (χ0v) is 17.7. The van der Waals surface area contributed by atoms with E-state index in [9.17, 15) is 19.2 Å². The Morgan fingerprint density at radius 2 is 1.22 bits per heavy atom. The van der Waals surface area contributed by atoms with Crippen molar-refractivity contribution < 1.29 is 24.3 Å². The highest BCUT2D eigenvalue weighted by atomic mass is 32.1. The summed E-state index contributed by atoms with van der Waals surface area (Å²) in [4.78, 5) is 48.1. The summed E-state index contributed by atoms with van der Waals surface area (Å²) >= 11 is 7.85. The van der Waals surface area contributed by atoms with Crippen LogP contribution in [0.5, 0.6) is 0 Å². The van der Waals surface area contributed by atoms with Gasteiger partial charge in [0.25, 0.3) is 0 Å². The Bertz CT molecular complexity index is 545. The van der Waals surface area contributed by atoms with Gasteiger partial charge in [-0.25, -0.2) is 4.79 Å². The van der Waals surface area contributed by atoms with Gasteiger partial charge in [0.15, 0.2) is 0 Å². The van der Waals surface area contributed by atoms with Crippen molar-refractivity contribution in [3.63, 3.8) is 0 Å². The van der Waals surface area contributed by atoms with Gasteiger partial charge in [-0.15, -0.1) is 0 Å². The Morgan fingerprint density at radius 1 is 0.815 bits per heavy atom. The van der Waals surface area contributed by atoms with Crippen molar-refractivity contribution in [2.75, 3.05) is 11.5 Å². The molecule has 11 heteroatoms.